The van der Waals surface area contributed by atoms with Gasteiger partial charge in [-0.05, 0) is 24.4 Å². The van der Waals surface area contributed by atoms with Crippen LogP contribution >= 0.6 is 12.2 Å². The van der Waals surface area contributed by atoms with Gasteiger partial charge in [0.2, 0.25) is 0 Å². The molecule has 0 N–H and O–H groups in total. The van der Waals surface area contributed by atoms with Gasteiger partial charge in [0, 0.05) is 11.6 Å². The number of aliphatic imine (C=N–C) groups is 1. The minimum Gasteiger partial charge on any atom is -0.497 e. The van der Waals surface area contributed by atoms with Crippen LogP contribution in [0.25, 0.3) is 11.3 Å². The number of isothiocyanates is 1. The van der Waals surface area contributed by atoms with E-state index in [0.29, 0.717) is 5.82 Å². The summed E-state index contributed by atoms with van der Waals surface area (Å²) < 4.78 is 5.16. The second-order valence-electron chi connectivity index (χ2n) is 3.20. The molecule has 1 aromatic carbocycles. The van der Waals surface area contributed by atoms with E-state index >= 15 is 0 Å². The van der Waals surface area contributed by atoms with Gasteiger partial charge in [-0.2, -0.15) is 4.99 Å². The van der Waals surface area contributed by atoms with Gasteiger partial charge in [0.05, 0.1) is 18.0 Å². The molecule has 0 aliphatic rings. The predicted octanol–water partition coefficient (Wildman–Crippen LogP) is 2.89. The molecule has 2 aromatic rings. The van der Waals surface area contributed by atoms with Gasteiger partial charge >= 0.3 is 0 Å². The molecule has 0 atom stereocenters. The van der Waals surface area contributed by atoms with E-state index < -0.39 is 0 Å². The molecule has 84 valence electrons. The van der Waals surface area contributed by atoms with Crippen molar-refractivity contribution in [2.45, 2.75) is 0 Å². The zero-order valence-electron chi connectivity index (χ0n) is 9.12. The quantitative estimate of drug-likeness (QED) is 0.614. The largest absolute Gasteiger partial charge is 0.497 e. The molecule has 0 aliphatic heterocycles. The fourth-order valence-electron chi connectivity index (χ4n) is 1.40. The number of ether oxygens (including phenoxy) is 1. The highest BCUT2D eigenvalue weighted by molar-refractivity contribution is 7.78. The van der Waals surface area contributed by atoms with Crippen molar-refractivity contribution < 1.29 is 4.74 Å². The number of nitrogens with zero attached hydrogens (tertiary/aromatic N) is 3. The summed E-state index contributed by atoms with van der Waals surface area (Å²) in [7, 11) is 1.63. The van der Waals surface area contributed by atoms with Crippen molar-refractivity contribution in [3.8, 4) is 17.0 Å². The van der Waals surface area contributed by atoms with Crippen LogP contribution in [0.1, 0.15) is 0 Å². The number of thiocarbonyl (C=S) groups is 1. The topological polar surface area (TPSA) is 47.4 Å². The van der Waals surface area contributed by atoms with E-state index in [1.165, 1.54) is 6.33 Å². The Morgan fingerprint density at radius 1 is 1.29 bits per heavy atom. The first kappa shape index (κ1) is 11.4. The van der Waals surface area contributed by atoms with Gasteiger partial charge in [-0.15, -0.1) is 0 Å². The van der Waals surface area contributed by atoms with Crippen molar-refractivity contribution in [3.63, 3.8) is 0 Å². The van der Waals surface area contributed by atoms with E-state index in [1.807, 2.05) is 24.3 Å². The van der Waals surface area contributed by atoms with Crippen molar-refractivity contribution in [1.82, 2.24) is 9.97 Å². The normalized spacial score (nSPS) is 9.47. The summed E-state index contributed by atoms with van der Waals surface area (Å²) in [6, 6.07) is 9.36. The van der Waals surface area contributed by atoms with Crippen LogP contribution in [0.3, 0.4) is 0 Å². The molecule has 2 rings (SSSR count). The molecule has 0 saturated heterocycles. The fourth-order valence-corrected chi connectivity index (χ4v) is 1.49. The Labute approximate surface area is 104 Å². The predicted molar refractivity (Wildman–Crippen MR) is 68.7 cm³/mol. The van der Waals surface area contributed by atoms with Crippen LogP contribution in [0.2, 0.25) is 0 Å². The summed E-state index contributed by atoms with van der Waals surface area (Å²) in [6.07, 6.45) is 1.44. The Kier molecular flexibility index (Phi) is 3.55. The Morgan fingerprint density at radius 2 is 2.18 bits per heavy atom. The summed E-state index contributed by atoms with van der Waals surface area (Å²) in [5.41, 5.74) is 1.70. The summed E-state index contributed by atoms with van der Waals surface area (Å²) in [4.78, 5) is 12.0. The minimum atomic E-state index is 0.493. The molecule has 5 heteroatoms. The van der Waals surface area contributed by atoms with E-state index in [9.17, 15) is 0 Å². The van der Waals surface area contributed by atoms with Gasteiger partial charge in [0.15, 0.2) is 5.82 Å². The highest BCUT2D eigenvalue weighted by Crippen LogP contribution is 2.23. The molecule has 0 fully saturated rings. The van der Waals surface area contributed by atoms with Crippen molar-refractivity contribution >= 4 is 23.2 Å². The first-order valence-corrected chi connectivity index (χ1v) is 5.28. The third kappa shape index (κ3) is 2.72. The van der Waals surface area contributed by atoms with Gasteiger partial charge in [-0.1, -0.05) is 12.1 Å². The van der Waals surface area contributed by atoms with Gasteiger partial charge in [0.1, 0.15) is 12.1 Å². The molecule has 1 aromatic heterocycles. The van der Waals surface area contributed by atoms with Gasteiger partial charge in [0.25, 0.3) is 0 Å². The maximum atomic E-state index is 5.16. The van der Waals surface area contributed by atoms with Crippen LogP contribution in [0.5, 0.6) is 5.75 Å². The van der Waals surface area contributed by atoms with E-state index in [-0.39, 0.29) is 0 Å². The molecule has 4 nitrogen and oxygen atoms in total. The number of hydrogen-bond donors (Lipinski definition) is 0. The Bertz CT molecular complexity index is 579. The smallest absolute Gasteiger partial charge is 0.166 e. The molecular formula is C12H9N3OS. The second-order valence-corrected chi connectivity index (χ2v) is 3.38. The van der Waals surface area contributed by atoms with E-state index in [2.05, 4.69) is 32.3 Å². The Morgan fingerprint density at radius 3 is 2.94 bits per heavy atom. The maximum Gasteiger partial charge on any atom is 0.166 e. The summed E-state index contributed by atoms with van der Waals surface area (Å²) in [6.45, 7) is 0. The van der Waals surface area contributed by atoms with E-state index in [0.717, 1.165) is 17.0 Å². The van der Waals surface area contributed by atoms with Crippen LogP contribution in [0.15, 0.2) is 41.7 Å². The first-order valence-electron chi connectivity index (χ1n) is 4.88. The van der Waals surface area contributed by atoms with Crippen molar-refractivity contribution in [2.75, 3.05) is 7.11 Å². The van der Waals surface area contributed by atoms with Crippen LogP contribution in [-0.2, 0) is 0 Å². The lowest BCUT2D eigenvalue weighted by Gasteiger charge is -2.03. The van der Waals surface area contributed by atoms with Crippen molar-refractivity contribution in [3.05, 3.63) is 36.7 Å². The monoisotopic (exact) mass is 243 g/mol. The highest BCUT2D eigenvalue weighted by Gasteiger charge is 2.02. The average molecular weight is 243 g/mol. The van der Waals surface area contributed by atoms with Crippen LogP contribution in [0, 0.1) is 0 Å². The SMILES string of the molecule is COc1cccc(-c2cc(N=C=S)ncn2)c1. The lowest BCUT2D eigenvalue weighted by atomic mass is 10.1. The zero-order chi connectivity index (χ0) is 12.1. The molecular weight excluding hydrogens is 234 g/mol. The molecule has 0 spiro atoms. The fraction of sp³-hybridized carbons (Fsp3) is 0.0833. The number of benzene rings is 1. The van der Waals surface area contributed by atoms with Crippen LogP contribution in [0.4, 0.5) is 5.82 Å². The van der Waals surface area contributed by atoms with Crippen molar-refractivity contribution in [1.29, 1.82) is 0 Å². The van der Waals surface area contributed by atoms with E-state index in [4.69, 9.17) is 4.74 Å². The summed E-state index contributed by atoms with van der Waals surface area (Å²) in [5, 5.41) is 2.28. The molecule has 1 heterocycles. The molecule has 0 radical (unpaired) electrons. The molecule has 0 aliphatic carbocycles. The van der Waals surface area contributed by atoms with E-state index in [1.54, 1.807) is 13.2 Å². The lowest BCUT2D eigenvalue weighted by molar-refractivity contribution is 0.415. The maximum absolute atomic E-state index is 5.16. The summed E-state index contributed by atoms with van der Waals surface area (Å²) >= 11 is 4.54. The third-order valence-electron chi connectivity index (χ3n) is 2.18. The number of aromatic nitrogens is 2. The zero-order valence-corrected chi connectivity index (χ0v) is 9.94. The number of methoxy groups -OCH3 is 1. The van der Waals surface area contributed by atoms with Gasteiger partial charge in [-0.25, -0.2) is 9.97 Å². The molecule has 0 amide bonds. The Balaban J connectivity index is 2.44. The first-order chi connectivity index (χ1) is 8.33. The number of hydrogen-bond acceptors (Lipinski definition) is 5. The second kappa shape index (κ2) is 5.30. The third-order valence-corrected chi connectivity index (χ3v) is 2.27. The van der Waals surface area contributed by atoms with Gasteiger partial charge < -0.3 is 4.74 Å². The average Bonchev–Trinajstić information content (AvgIpc) is 2.40. The molecule has 0 bridgehead atoms. The molecule has 0 saturated carbocycles. The molecule has 0 unspecified atom stereocenters. The van der Waals surface area contributed by atoms with Gasteiger partial charge in [-0.3, -0.25) is 0 Å². The standard InChI is InChI=1S/C12H9N3OS/c1-16-10-4-2-3-9(5-10)11-6-12(15-8-17)14-7-13-11/h2-7H,1H3. The number of rotatable bonds is 3. The molecule has 17 heavy (non-hydrogen) atoms. The minimum absolute atomic E-state index is 0.493. The van der Waals surface area contributed by atoms with Crippen LogP contribution in [-0.4, -0.2) is 22.2 Å². The van der Waals surface area contributed by atoms with Crippen molar-refractivity contribution in [2.24, 2.45) is 4.99 Å². The lowest BCUT2D eigenvalue weighted by Crippen LogP contribution is -1.87. The Hall–Kier alpha value is -2.10. The highest BCUT2D eigenvalue weighted by atomic mass is 32.1. The summed E-state index contributed by atoms with van der Waals surface area (Å²) in [5.74, 6) is 1.27. The van der Waals surface area contributed by atoms with Crippen LogP contribution < -0.4 is 4.74 Å².